The summed E-state index contributed by atoms with van der Waals surface area (Å²) >= 11 is 0. The van der Waals surface area contributed by atoms with Crippen LogP contribution in [0.5, 0.6) is 0 Å². The van der Waals surface area contributed by atoms with Gasteiger partial charge in [0.25, 0.3) is 5.91 Å². The van der Waals surface area contributed by atoms with E-state index in [-0.39, 0.29) is 18.4 Å². The Balaban J connectivity index is 2.96. The molecular weight excluding hydrogens is 256 g/mol. The number of carbonyl (C=O) groups excluding carboxylic acids is 2. The summed E-state index contributed by atoms with van der Waals surface area (Å²) in [6, 6.07) is 8.70. The fourth-order valence-corrected chi connectivity index (χ4v) is 2.07. The van der Waals surface area contributed by atoms with Crippen LogP contribution >= 0.6 is 0 Å². The lowest BCUT2D eigenvalue weighted by Gasteiger charge is -2.28. The van der Waals surface area contributed by atoms with Crippen molar-refractivity contribution in [2.45, 2.75) is 19.9 Å². The molecule has 110 valence electrons. The molecule has 0 bridgehead atoms. The van der Waals surface area contributed by atoms with Crippen LogP contribution in [-0.4, -0.2) is 36.3 Å². The van der Waals surface area contributed by atoms with Crippen LogP contribution < -0.4 is 16.6 Å². The summed E-state index contributed by atoms with van der Waals surface area (Å²) in [6.07, 6.45) is 0. The van der Waals surface area contributed by atoms with Crippen molar-refractivity contribution in [3.05, 3.63) is 35.9 Å². The average Bonchev–Trinajstić information content (AvgIpc) is 2.47. The van der Waals surface area contributed by atoms with Crippen molar-refractivity contribution in [1.29, 1.82) is 0 Å². The second-order valence-corrected chi connectivity index (χ2v) is 4.34. The summed E-state index contributed by atoms with van der Waals surface area (Å²) in [5, 5.41) is 2.73. The minimum absolute atomic E-state index is 0.111. The molecule has 0 saturated carbocycles. The summed E-state index contributed by atoms with van der Waals surface area (Å²) in [5.74, 6) is 4.82. The molecule has 1 aromatic carbocycles. The Morgan fingerprint density at radius 3 is 2.40 bits per heavy atom. The topological polar surface area (TPSA) is 87.5 Å². The molecule has 1 rings (SSSR count). The van der Waals surface area contributed by atoms with E-state index in [1.165, 1.54) is 0 Å². The van der Waals surface area contributed by atoms with Crippen LogP contribution in [0.2, 0.25) is 0 Å². The van der Waals surface area contributed by atoms with Crippen molar-refractivity contribution in [3.63, 3.8) is 0 Å². The van der Waals surface area contributed by atoms with E-state index >= 15 is 0 Å². The number of rotatable bonds is 7. The number of nitrogens with one attached hydrogen (secondary N) is 2. The van der Waals surface area contributed by atoms with Gasteiger partial charge in [0.2, 0.25) is 5.91 Å². The van der Waals surface area contributed by atoms with Gasteiger partial charge in [-0.3, -0.25) is 19.9 Å². The van der Waals surface area contributed by atoms with Crippen molar-refractivity contribution in [3.8, 4) is 0 Å². The first-order valence-electron chi connectivity index (χ1n) is 6.70. The van der Waals surface area contributed by atoms with E-state index in [1.807, 2.05) is 44.2 Å². The molecule has 0 heterocycles. The Labute approximate surface area is 119 Å². The molecule has 20 heavy (non-hydrogen) atoms. The van der Waals surface area contributed by atoms with Crippen LogP contribution in [0.4, 0.5) is 0 Å². The molecule has 0 fully saturated rings. The van der Waals surface area contributed by atoms with Gasteiger partial charge in [-0.05, 0) is 19.0 Å². The number of benzene rings is 1. The first-order chi connectivity index (χ1) is 9.63. The molecular formula is C14H22N4O2. The highest BCUT2D eigenvalue weighted by Crippen LogP contribution is 2.20. The average molecular weight is 278 g/mol. The molecule has 1 atom stereocenters. The summed E-state index contributed by atoms with van der Waals surface area (Å²) in [7, 11) is 0. The van der Waals surface area contributed by atoms with Crippen molar-refractivity contribution in [2.24, 2.45) is 5.84 Å². The first-order valence-corrected chi connectivity index (χ1v) is 6.70. The molecule has 6 nitrogen and oxygen atoms in total. The lowest BCUT2D eigenvalue weighted by Crippen LogP contribution is -2.46. The molecule has 0 spiro atoms. The standard InChI is InChI=1S/C14H22N4O2/c1-3-16-12(19)10-18(4-2)13(14(20)17-15)11-8-6-5-7-9-11/h5-9,13H,3-4,10,15H2,1-2H3,(H,16,19)(H,17,20). The lowest BCUT2D eigenvalue weighted by atomic mass is 10.0. The Bertz CT molecular complexity index is 436. The lowest BCUT2D eigenvalue weighted by molar-refractivity contribution is -0.129. The fourth-order valence-electron chi connectivity index (χ4n) is 2.07. The third-order valence-corrected chi connectivity index (χ3v) is 3.00. The molecule has 4 N–H and O–H groups in total. The zero-order valence-corrected chi connectivity index (χ0v) is 11.9. The monoisotopic (exact) mass is 278 g/mol. The van der Waals surface area contributed by atoms with Gasteiger partial charge in [-0.2, -0.15) is 0 Å². The number of amides is 2. The SMILES string of the molecule is CCNC(=O)CN(CC)C(C(=O)NN)c1ccccc1. The van der Waals surface area contributed by atoms with Crippen LogP contribution in [0.3, 0.4) is 0 Å². The molecule has 6 heteroatoms. The quantitative estimate of drug-likeness (QED) is 0.377. The van der Waals surface area contributed by atoms with Gasteiger partial charge in [0, 0.05) is 6.54 Å². The summed E-state index contributed by atoms with van der Waals surface area (Å²) < 4.78 is 0. The number of hydrazine groups is 1. The Hall–Kier alpha value is -1.92. The van der Waals surface area contributed by atoms with Crippen molar-refractivity contribution < 1.29 is 9.59 Å². The van der Waals surface area contributed by atoms with Gasteiger partial charge in [0.05, 0.1) is 6.54 Å². The smallest absolute Gasteiger partial charge is 0.255 e. The molecule has 0 radical (unpaired) electrons. The second kappa shape index (κ2) is 8.29. The number of likely N-dealkylation sites (N-methyl/N-ethyl adjacent to an activating group) is 2. The van der Waals surface area contributed by atoms with Crippen molar-refractivity contribution >= 4 is 11.8 Å². The maximum Gasteiger partial charge on any atom is 0.255 e. The van der Waals surface area contributed by atoms with Gasteiger partial charge in [-0.25, -0.2) is 5.84 Å². The van der Waals surface area contributed by atoms with Crippen LogP contribution in [0.25, 0.3) is 0 Å². The zero-order valence-electron chi connectivity index (χ0n) is 11.9. The van der Waals surface area contributed by atoms with Gasteiger partial charge in [-0.15, -0.1) is 0 Å². The van der Waals surface area contributed by atoms with Crippen molar-refractivity contribution in [1.82, 2.24) is 15.6 Å². The van der Waals surface area contributed by atoms with E-state index in [0.717, 1.165) is 5.56 Å². The number of nitrogens with two attached hydrogens (primary N) is 1. The maximum atomic E-state index is 12.0. The summed E-state index contributed by atoms with van der Waals surface area (Å²) in [6.45, 7) is 5.03. The van der Waals surface area contributed by atoms with E-state index in [2.05, 4.69) is 10.7 Å². The molecule has 0 aliphatic carbocycles. The molecule has 0 aliphatic heterocycles. The highest BCUT2D eigenvalue weighted by atomic mass is 16.2. The first kappa shape index (κ1) is 16.1. The highest BCUT2D eigenvalue weighted by Gasteiger charge is 2.27. The van der Waals surface area contributed by atoms with Crippen molar-refractivity contribution in [2.75, 3.05) is 19.6 Å². The highest BCUT2D eigenvalue weighted by molar-refractivity contribution is 5.84. The third-order valence-electron chi connectivity index (χ3n) is 3.00. The molecule has 0 saturated heterocycles. The van der Waals surface area contributed by atoms with Gasteiger partial charge in [0.1, 0.15) is 6.04 Å². The van der Waals surface area contributed by atoms with Gasteiger partial charge < -0.3 is 5.32 Å². The molecule has 1 aromatic rings. The largest absolute Gasteiger partial charge is 0.355 e. The van der Waals surface area contributed by atoms with Gasteiger partial charge in [0.15, 0.2) is 0 Å². The Kier molecular flexibility index (Phi) is 6.69. The third kappa shape index (κ3) is 4.32. The predicted octanol–water partition coefficient (Wildman–Crippen LogP) is 0.176. The van der Waals surface area contributed by atoms with E-state index in [1.54, 1.807) is 4.90 Å². The van der Waals surface area contributed by atoms with E-state index < -0.39 is 6.04 Å². The normalized spacial score (nSPS) is 12.0. The predicted molar refractivity (Wildman–Crippen MR) is 77.4 cm³/mol. The van der Waals surface area contributed by atoms with Crippen LogP contribution in [0, 0.1) is 0 Å². The minimum Gasteiger partial charge on any atom is -0.355 e. The zero-order chi connectivity index (χ0) is 15.0. The number of hydrogen-bond donors (Lipinski definition) is 3. The molecule has 1 unspecified atom stereocenters. The van der Waals surface area contributed by atoms with Gasteiger partial charge in [-0.1, -0.05) is 37.3 Å². The molecule has 2 amide bonds. The number of carbonyl (C=O) groups is 2. The molecule has 0 aliphatic rings. The summed E-state index contributed by atoms with van der Waals surface area (Å²) in [4.78, 5) is 25.6. The van der Waals surface area contributed by atoms with Crippen LogP contribution in [0.1, 0.15) is 25.5 Å². The summed E-state index contributed by atoms with van der Waals surface area (Å²) in [5.41, 5.74) is 2.98. The maximum absolute atomic E-state index is 12.0. The van der Waals surface area contributed by atoms with Gasteiger partial charge >= 0.3 is 0 Å². The second-order valence-electron chi connectivity index (χ2n) is 4.34. The Morgan fingerprint density at radius 2 is 1.90 bits per heavy atom. The Morgan fingerprint density at radius 1 is 1.25 bits per heavy atom. The van der Waals surface area contributed by atoms with Crippen LogP contribution in [-0.2, 0) is 9.59 Å². The molecule has 0 aromatic heterocycles. The van der Waals surface area contributed by atoms with E-state index in [4.69, 9.17) is 5.84 Å². The number of nitrogens with zero attached hydrogens (tertiary/aromatic N) is 1. The van der Waals surface area contributed by atoms with E-state index in [9.17, 15) is 9.59 Å². The van der Waals surface area contributed by atoms with Crippen LogP contribution in [0.15, 0.2) is 30.3 Å². The minimum atomic E-state index is -0.575. The number of hydrogen-bond acceptors (Lipinski definition) is 4. The fraction of sp³-hybridized carbons (Fsp3) is 0.429. The van der Waals surface area contributed by atoms with E-state index in [0.29, 0.717) is 13.1 Å².